The van der Waals surface area contributed by atoms with Crippen molar-refractivity contribution >= 4 is 62.4 Å². The SMILES string of the molecule is COc1nc(N)nc2c1ncn2[C@@H]1O[C@H](COP(=O)(C[C@@H](C)C(C)=O)Oc2ccccc2)[C@H](O)C1(Br)Br. The Labute approximate surface area is 229 Å². The Morgan fingerprint density at radius 1 is 1.32 bits per heavy atom. The number of ketones is 1. The van der Waals surface area contributed by atoms with Gasteiger partial charge in [0.1, 0.15) is 23.7 Å². The molecule has 0 radical (unpaired) electrons. The van der Waals surface area contributed by atoms with Crippen LogP contribution in [0, 0.1) is 5.92 Å². The molecule has 0 aliphatic carbocycles. The molecule has 0 amide bonds. The summed E-state index contributed by atoms with van der Waals surface area (Å²) in [4.78, 5) is 24.4. The monoisotopic (exact) mass is 661 g/mol. The Kier molecular flexibility index (Phi) is 8.27. The molecule has 200 valence electrons. The van der Waals surface area contributed by atoms with Gasteiger partial charge >= 0.3 is 7.60 Å². The average molecular weight is 663 g/mol. The number of nitrogen functional groups attached to an aromatic ring is 1. The Hall–Kier alpha value is -2.09. The van der Waals surface area contributed by atoms with Crippen molar-refractivity contribution in [3.63, 3.8) is 0 Å². The Bertz CT molecular complexity index is 1330. The van der Waals surface area contributed by atoms with Crippen molar-refractivity contribution in [1.29, 1.82) is 0 Å². The number of carbonyl (C=O) groups excluding carboxylic acids is 1. The molecular weight excluding hydrogens is 637 g/mol. The molecule has 5 atom stereocenters. The van der Waals surface area contributed by atoms with Gasteiger partial charge in [-0.2, -0.15) is 9.97 Å². The molecule has 1 aliphatic heterocycles. The Balaban J connectivity index is 1.58. The quantitative estimate of drug-likeness (QED) is 0.241. The number of aliphatic hydroxyl groups excluding tert-OH is 1. The Morgan fingerprint density at radius 3 is 2.68 bits per heavy atom. The number of Topliss-reactive ketones (excluding diaryl/α,β-unsaturated/α-hetero) is 1. The number of para-hydroxylation sites is 1. The van der Waals surface area contributed by atoms with Crippen LogP contribution < -0.4 is 15.0 Å². The maximum atomic E-state index is 13.7. The zero-order valence-corrected chi connectivity index (χ0v) is 24.2. The van der Waals surface area contributed by atoms with Gasteiger partial charge in [0, 0.05) is 5.92 Å². The van der Waals surface area contributed by atoms with Crippen LogP contribution in [0.15, 0.2) is 36.7 Å². The predicted octanol–water partition coefficient (Wildman–Crippen LogP) is 3.68. The van der Waals surface area contributed by atoms with Crippen LogP contribution in [0.1, 0.15) is 20.1 Å². The van der Waals surface area contributed by atoms with Crippen LogP contribution in [0.4, 0.5) is 5.95 Å². The van der Waals surface area contributed by atoms with E-state index in [2.05, 4.69) is 46.8 Å². The van der Waals surface area contributed by atoms with Gasteiger partial charge in [0.05, 0.1) is 26.2 Å². The van der Waals surface area contributed by atoms with Gasteiger partial charge in [-0.15, -0.1) is 0 Å². The third-order valence-corrected chi connectivity index (χ3v) is 9.59. The normalized spacial score (nSPS) is 23.5. The van der Waals surface area contributed by atoms with E-state index in [0.717, 1.165) is 0 Å². The van der Waals surface area contributed by atoms with Crippen molar-refractivity contribution in [2.24, 2.45) is 5.92 Å². The van der Waals surface area contributed by atoms with Gasteiger partial charge in [-0.3, -0.25) is 13.9 Å². The van der Waals surface area contributed by atoms with E-state index in [1.807, 2.05) is 0 Å². The minimum absolute atomic E-state index is 0.0298. The molecule has 1 saturated heterocycles. The molecule has 3 heterocycles. The Morgan fingerprint density at radius 2 is 2.03 bits per heavy atom. The highest BCUT2D eigenvalue weighted by molar-refractivity contribution is 9.25. The van der Waals surface area contributed by atoms with E-state index in [0.29, 0.717) is 16.9 Å². The van der Waals surface area contributed by atoms with Crippen LogP contribution in [0.5, 0.6) is 11.6 Å². The van der Waals surface area contributed by atoms with Gasteiger partial charge in [-0.25, -0.2) is 9.55 Å². The first-order valence-corrected chi connectivity index (χ1v) is 14.5. The molecule has 0 spiro atoms. The first kappa shape index (κ1) is 27.9. The number of hydrogen-bond donors (Lipinski definition) is 2. The lowest BCUT2D eigenvalue weighted by Crippen LogP contribution is -2.37. The molecule has 1 unspecified atom stereocenters. The fourth-order valence-corrected chi connectivity index (χ4v) is 6.96. The van der Waals surface area contributed by atoms with Crippen molar-refractivity contribution in [2.45, 2.75) is 35.5 Å². The van der Waals surface area contributed by atoms with Gasteiger partial charge < -0.3 is 24.8 Å². The van der Waals surface area contributed by atoms with Crippen molar-refractivity contribution in [3.05, 3.63) is 36.7 Å². The number of ether oxygens (including phenoxy) is 2. The average Bonchev–Trinajstić information content (AvgIpc) is 3.35. The number of anilines is 1. The third kappa shape index (κ3) is 5.84. The lowest BCUT2D eigenvalue weighted by atomic mass is 10.1. The smallest absolute Gasteiger partial charge is 0.379 e. The maximum absolute atomic E-state index is 13.7. The van der Waals surface area contributed by atoms with E-state index in [1.165, 1.54) is 20.4 Å². The molecule has 37 heavy (non-hydrogen) atoms. The lowest BCUT2D eigenvalue weighted by molar-refractivity contribution is -0.119. The summed E-state index contributed by atoms with van der Waals surface area (Å²) in [6.45, 7) is 2.77. The fraction of sp³-hybridized carbons (Fsp3) is 0.455. The summed E-state index contributed by atoms with van der Waals surface area (Å²) in [5.74, 6) is -0.230. The van der Waals surface area contributed by atoms with E-state index >= 15 is 0 Å². The van der Waals surface area contributed by atoms with Crippen molar-refractivity contribution in [1.82, 2.24) is 19.5 Å². The van der Waals surface area contributed by atoms with Crippen molar-refractivity contribution in [2.75, 3.05) is 25.6 Å². The number of aromatic nitrogens is 4. The highest BCUT2D eigenvalue weighted by Crippen LogP contribution is 2.53. The van der Waals surface area contributed by atoms with Crippen LogP contribution in [0.2, 0.25) is 0 Å². The highest BCUT2D eigenvalue weighted by atomic mass is 79.9. The number of imidazole rings is 1. The van der Waals surface area contributed by atoms with E-state index in [-0.39, 0.29) is 30.4 Å². The molecule has 2 aromatic heterocycles. The number of nitrogens with zero attached hydrogens (tertiary/aromatic N) is 4. The number of alkyl halides is 2. The third-order valence-electron chi connectivity index (χ3n) is 5.85. The molecule has 15 heteroatoms. The minimum atomic E-state index is -3.82. The highest BCUT2D eigenvalue weighted by Gasteiger charge is 2.55. The summed E-state index contributed by atoms with van der Waals surface area (Å²) < 4.78 is 36.9. The summed E-state index contributed by atoms with van der Waals surface area (Å²) in [6.07, 6.45) is -1.70. The molecule has 3 N–H and O–H groups in total. The largest absolute Gasteiger partial charge is 0.479 e. The molecule has 0 saturated carbocycles. The number of methoxy groups -OCH3 is 1. The molecule has 4 rings (SSSR count). The second-order valence-electron chi connectivity index (χ2n) is 8.57. The molecular formula is C22H26Br2N5O7P. The van der Waals surface area contributed by atoms with Crippen LogP contribution >= 0.6 is 39.5 Å². The molecule has 1 aliphatic rings. The second-order valence-corrected chi connectivity index (χ2v) is 14.3. The predicted molar refractivity (Wildman–Crippen MR) is 142 cm³/mol. The molecule has 0 bridgehead atoms. The minimum Gasteiger partial charge on any atom is -0.479 e. The number of benzene rings is 1. The van der Waals surface area contributed by atoms with Crippen molar-refractivity contribution < 1.29 is 33.0 Å². The van der Waals surface area contributed by atoms with Crippen molar-refractivity contribution in [3.8, 4) is 11.6 Å². The molecule has 3 aromatic rings. The maximum Gasteiger partial charge on any atom is 0.379 e. The van der Waals surface area contributed by atoms with Crippen LogP contribution in [-0.4, -0.2) is 65.7 Å². The second kappa shape index (κ2) is 11.0. The summed E-state index contributed by atoms with van der Waals surface area (Å²) in [5, 5.41) is 11.1. The summed E-state index contributed by atoms with van der Waals surface area (Å²) in [7, 11) is -2.39. The number of fused-ring (bicyclic) bond motifs is 1. The summed E-state index contributed by atoms with van der Waals surface area (Å²) in [5.41, 5.74) is 6.49. The van der Waals surface area contributed by atoms with E-state index in [9.17, 15) is 14.5 Å². The van der Waals surface area contributed by atoms with E-state index in [1.54, 1.807) is 41.8 Å². The zero-order chi connectivity index (χ0) is 27.0. The molecule has 12 nitrogen and oxygen atoms in total. The van der Waals surface area contributed by atoms with Gasteiger partial charge in [-0.1, -0.05) is 57.0 Å². The van der Waals surface area contributed by atoms with Crippen LogP contribution in [0.3, 0.4) is 0 Å². The van der Waals surface area contributed by atoms with E-state index < -0.39 is 35.2 Å². The van der Waals surface area contributed by atoms with Crippen LogP contribution in [-0.2, 0) is 18.6 Å². The topological polar surface area (TPSA) is 161 Å². The number of halogens is 2. The fourth-order valence-electron chi connectivity index (χ4n) is 3.74. The number of carbonyl (C=O) groups is 1. The lowest BCUT2D eigenvalue weighted by Gasteiger charge is -2.25. The van der Waals surface area contributed by atoms with Gasteiger partial charge in [0.15, 0.2) is 20.6 Å². The van der Waals surface area contributed by atoms with E-state index in [4.69, 9.17) is 24.3 Å². The van der Waals surface area contributed by atoms with Gasteiger partial charge in [-0.05, 0) is 19.1 Å². The van der Waals surface area contributed by atoms with Crippen LogP contribution in [0.25, 0.3) is 11.2 Å². The number of hydrogen-bond acceptors (Lipinski definition) is 11. The number of nitrogens with two attached hydrogens (primary N) is 1. The molecule has 1 aromatic carbocycles. The van der Waals surface area contributed by atoms with Gasteiger partial charge in [0.25, 0.3) is 0 Å². The standard InChI is InChI=1S/C22H26Br2N5O7P/c1-12(13(2)30)10-37(32,36-14-7-5-4-6-8-14)34-9-15-17(31)22(23,24)20(35-15)29-11-26-16-18(29)27-21(25)28-19(16)33-3/h4-8,11-12,15,17,20,31H,9-10H2,1-3H3,(H2,25,27,28)/t12-,15-,17+,20-,37?/m1/s1. The molecule has 1 fully saturated rings. The zero-order valence-electron chi connectivity index (χ0n) is 20.2. The first-order chi connectivity index (χ1) is 17.4. The van der Waals surface area contributed by atoms with Gasteiger partial charge in [0.2, 0.25) is 11.8 Å². The number of rotatable bonds is 10. The first-order valence-electron chi connectivity index (χ1n) is 11.2. The summed E-state index contributed by atoms with van der Waals surface area (Å²) >= 11 is 6.99. The number of aliphatic hydroxyl groups is 1. The summed E-state index contributed by atoms with van der Waals surface area (Å²) in [6, 6.07) is 8.53.